The Labute approximate surface area is 228 Å². The average Bonchev–Trinajstić information content (AvgIpc) is 2.95. The first-order valence-electron chi connectivity index (χ1n) is 12.6. The lowest BCUT2D eigenvalue weighted by atomic mass is 10.0. The Kier molecular flexibility index (Phi) is 8.31. The SMILES string of the molecule is COC(=O)c1c(C(=O)N2CCN(S(=O)(=O)c3ccc(OC)cc3)C(C)C2)nc(-c2ccccc2)nc1C(C)C. The Morgan fingerprint density at radius 2 is 1.64 bits per heavy atom. The van der Waals surface area contributed by atoms with E-state index >= 15 is 0 Å². The first-order valence-corrected chi connectivity index (χ1v) is 14.0. The molecule has 0 radical (unpaired) electrons. The van der Waals surface area contributed by atoms with E-state index in [1.807, 2.05) is 44.2 Å². The van der Waals surface area contributed by atoms with Gasteiger partial charge in [-0.05, 0) is 37.1 Å². The Morgan fingerprint density at radius 3 is 2.21 bits per heavy atom. The van der Waals surface area contributed by atoms with Crippen molar-refractivity contribution in [2.24, 2.45) is 0 Å². The molecule has 1 saturated heterocycles. The van der Waals surface area contributed by atoms with Gasteiger partial charge in [-0.1, -0.05) is 44.2 Å². The summed E-state index contributed by atoms with van der Waals surface area (Å²) in [4.78, 5) is 37.6. The predicted octanol–water partition coefficient (Wildman–Crippen LogP) is 3.60. The van der Waals surface area contributed by atoms with Crippen molar-refractivity contribution in [3.05, 3.63) is 71.5 Å². The number of benzene rings is 2. The van der Waals surface area contributed by atoms with E-state index < -0.39 is 27.9 Å². The van der Waals surface area contributed by atoms with Gasteiger partial charge in [-0.3, -0.25) is 4.79 Å². The maximum absolute atomic E-state index is 13.9. The van der Waals surface area contributed by atoms with E-state index in [-0.39, 0.29) is 41.7 Å². The number of esters is 1. The monoisotopic (exact) mass is 552 g/mol. The second kappa shape index (κ2) is 11.5. The van der Waals surface area contributed by atoms with E-state index in [1.54, 1.807) is 19.1 Å². The minimum absolute atomic E-state index is 0.0260. The van der Waals surface area contributed by atoms with E-state index in [4.69, 9.17) is 9.47 Å². The van der Waals surface area contributed by atoms with Gasteiger partial charge >= 0.3 is 5.97 Å². The maximum atomic E-state index is 13.9. The molecule has 0 bridgehead atoms. The van der Waals surface area contributed by atoms with Crippen molar-refractivity contribution in [3.63, 3.8) is 0 Å². The molecule has 10 nitrogen and oxygen atoms in total. The summed E-state index contributed by atoms with van der Waals surface area (Å²) in [5, 5.41) is 0. The van der Waals surface area contributed by atoms with Crippen LogP contribution < -0.4 is 4.74 Å². The van der Waals surface area contributed by atoms with Crippen molar-refractivity contribution < 1.29 is 27.5 Å². The fraction of sp³-hybridized carbons (Fsp3) is 0.357. The van der Waals surface area contributed by atoms with E-state index in [0.29, 0.717) is 22.8 Å². The third-order valence-electron chi connectivity index (χ3n) is 6.63. The van der Waals surface area contributed by atoms with Crippen molar-refractivity contribution >= 4 is 21.9 Å². The number of carbonyl (C=O) groups is 2. The number of rotatable bonds is 7. The summed E-state index contributed by atoms with van der Waals surface area (Å²) in [7, 11) is -1.04. The Hall–Kier alpha value is -3.83. The van der Waals surface area contributed by atoms with Gasteiger partial charge in [-0.15, -0.1) is 0 Å². The highest BCUT2D eigenvalue weighted by atomic mass is 32.2. The van der Waals surface area contributed by atoms with Crippen LogP contribution in [-0.4, -0.2) is 79.4 Å². The topological polar surface area (TPSA) is 119 Å². The molecule has 0 aliphatic carbocycles. The third-order valence-corrected chi connectivity index (χ3v) is 8.66. The molecule has 1 aliphatic heterocycles. The zero-order valence-electron chi connectivity index (χ0n) is 22.6. The highest BCUT2D eigenvalue weighted by molar-refractivity contribution is 7.89. The third kappa shape index (κ3) is 5.64. The smallest absolute Gasteiger partial charge is 0.342 e. The van der Waals surface area contributed by atoms with Crippen molar-refractivity contribution in [1.29, 1.82) is 0 Å². The fourth-order valence-electron chi connectivity index (χ4n) is 4.59. The summed E-state index contributed by atoms with van der Waals surface area (Å²) in [6.07, 6.45) is 0. The largest absolute Gasteiger partial charge is 0.497 e. The van der Waals surface area contributed by atoms with Crippen LogP contribution in [0.25, 0.3) is 11.4 Å². The zero-order chi connectivity index (χ0) is 28.3. The normalized spacial score (nSPS) is 16.3. The molecule has 0 spiro atoms. The van der Waals surface area contributed by atoms with Gasteiger partial charge in [0.25, 0.3) is 5.91 Å². The lowest BCUT2D eigenvalue weighted by molar-refractivity contribution is 0.0569. The van der Waals surface area contributed by atoms with Crippen molar-refractivity contribution in [1.82, 2.24) is 19.2 Å². The fourth-order valence-corrected chi connectivity index (χ4v) is 6.20. The van der Waals surface area contributed by atoms with E-state index in [0.717, 1.165) is 0 Å². The second-order valence-corrected chi connectivity index (χ2v) is 11.5. The minimum atomic E-state index is -3.80. The van der Waals surface area contributed by atoms with Gasteiger partial charge in [0, 0.05) is 31.2 Å². The molecular weight excluding hydrogens is 520 g/mol. The first-order chi connectivity index (χ1) is 18.6. The van der Waals surface area contributed by atoms with Crippen LogP contribution >= 0.6 is 0 Å². The van der Waals surface area contributed by atoms with Crippen molar-refractivity contribution in [3.8, 4) is 17.1 Å². The molecule has 0 N–H and O–H groups in total. The molecule has 1 aromatic heterocycles. The van der Waals surface area contributed by atoms with Crippen molar-refractivity contribution in [2.45, 2.75) is 37.6 Å². The number of aromatic nitrogens is 2. The quantitative estimate of drug-likeness (QED) is 0.408. The molecular formula is C28H32N4O6S. The molecule has 1 amide bonds. The molecule has 0 saturated carbocycles. The molecule has 39 heavy (non-hydrogen) atoms. The number of sulfonamides is 1. The summed E-state index contributed by atoms with van der Waals surface area (Å²) in [5.41, 5.74) is 1.08. The van der Waals surface area contributed by atoms with Gasteiger partial charge < -0.3 is 14.4 Å². The molecule has 1 aliphatic rings. The number of methoxy groups -OCH3 is 2. The van der Waals surface area contributed by atoms with E-state index in [9.17, 15) is 18.0 Å². The predicted molar refractivity (Wildman–Crippen MR) is 145 cm³/mol. The van der Waals surface area contributed by atoms with Crippen LogP contribution in [0, 0.1) is 0 Å². The number of nitrogens with zero attached hydrogens (tertiary/aromatic N) is 4. The second-order valence-electron chi connectivity index (χ2n) is 9.56. The lowest BCUT2D eigenvalue weighted by Gasteiger charge is -2.39. The van der Waals surface area contributed by atoms with Gasteiger partial charge in [-0.2, -0.15) is 4.31 Å². The number of carbonyl (C=O) groups excluding carboxylic acids is 2. The molecule has 1 atom stereocenters. The van der Waals surface area contributed by atoms with Crippen molar-refractivity contribution in [2.75, 3.05) is 33.9 Å². The molecule has 206 valence electrons. The highest BCUT2D eigenvalue weighted by Gasteiger charge is 2.37. The molecule has 1 fully saturated rings. The molecule has 1 unspecified atom stereocenters. The summed E-state index contributed by atoms with van der Waals surface area (Å²) >= 11 is 0. The van der Waals surface area contributed by atoms with Gasteiger partial charge in [0.1, 0.15) is 17.0 Å². The first kappa shape index (κ1) is 28.2. The molecule has 11 heteroatoms. The summed E-state index contributed by atoms with van der Waals surface area (Å²) < 4.78 is 38.2. The molecule has 2 heterocycles. The Morgan fingerprint density at radius 1 is 0.974 bits per heavy atom. The summed E-state index contributed by atoms with van der Waals surface area (Å²) in [6.45, 7) is 5.84. The van der Waals surface area contributed by atoms with Gasteiger partial charge in [0.05, 0.1) is 24.8 Å². The van der Waals surface area contributed by atoms with Crippen LogP contribution in [0.15, 0.2) is 59.5 Å². The zero-order valence-corrected chi connectivity index (χ0v) is 23.4. The van der Waals surface area contributed by atoms with Crippen LogP contribution in [-0.2, 0) is 14.8 Å². The minimum Gasteiger partial charge on any atom is -0.497 e. The molecule has 3 aromatic rings. The molecule has 2 aromatic carbocycles. The Bertz CT molecular complexity index is 1460. The van der Waals surface area contributed by atoms with E-state index in [2.05, 4.69) is 9.97 Å². The molecule has 4 rings (SSSR count). The van der Waals surface area contributed by atoms with Gasteiger partial charge in [-0.25, -0.2) is 23.2 Å². The van der Waals surface area contributed by atoms with Crippen LogP contribution in [0.1, 0.15) is 53.2 Å². The summed E-state index contributed by atoms with van der Waals surface area (Å²) in [6, 6.07) is 14.9. The number of hydrogen-bond donors (Lipinski definition) is 0. The highest BCUT2D eigenvalue weighted by Crippen LogP contribution is 2.28. The van der Waals surface area contributed by atoms with Gasteiger partial charge in [0.2, 0.25) is 10.0 Å². The standard InChI is InChI=1S/C28H32N4O6S/c1-18(2)24-23(28(34)38-5)25(30-26(29-24)20-9-7-6-8-10-20)27(33)31-15-16-32(19(3)17-31)39(35,36)22-13-11-21(37-4)12-14-22/h6-14,18-19H,15-17H2,1-5H3. The average molecular weight is 553 g/mol. The number of ether oxygens (including phenoxy) is 2. The van der Waals surface area contributed by atoms with Crippen LogP contribution in [0.3, 0.4) is 0 Å². The number of hydrogen-bond acceptors (Lipinski definition) is 8. The van der Waals surface area contributed by atoms with Crippen LogP contribution in [0.4, 0.5) is 0 Å². The Balaban J connectivity index is 1.68. The van der Waals surface area contributed by atoms with E-state index in [1.165, 1.54) is 35.6 Å². The number of amides is 1. The van der Waals surface area contributed by atoms with Gasteiger partial charge in [0.15, 0.2) is 5.82 Å². The maximum Gasteiger partial charge on any atom is 0.342 e. The number of piperazine rings is 1. The van der Waals surface area contributed by atoms with Crippen LogP contribution in [0.2, 0.25) is 0 Å². The van der Waals surface area contributed by atoms with Crippen LogP contribution in [0.5, 0.6) is 5.75 Å². The summed E-state index contributed by atoms with van der Waals surface area (Å²) in [5.74, 6) is -0.495. The lowest BCUT2D eigenvalue weighted by Crippen LogP contribution is -2.55.